The highest BCUT2D eigenvalue weighted by atomic mass is 19.1. The van der Waals surface area contributed by atoms with E-state index in [2.05, 4.69) is 10.1 Å². The van der Waals surface area contributed by atoms with Gasteiger partial charge in [-0.15, -0.1) is 0 Å². The second kappa shape index (κ2) is 7.15. The fourth-order valence-corrected chi connectivity index (χ4v) is 5.50. The number of nitrogens with one attached hydrogen (secondary N) is 1. The Morgan fingerprint density at radius 2 is 2.00 bits per heavy atom. The van der Waals surface area contributed by atoms with Gasteiger partial charge in [0.2, 0.25) is 0 Å². The number of nitrogens with zero attached hydrogens (tertiary/aromatic N) is 4. The van der Waals surface area contributed by atoms with Gasteiger partial charge in [0.15, 0.2) is 0 Å². The summed E-state index contributed by atoms with van der Waals surface area (Å²) >= 11 is 0. The minimum absolute atomic E-state index is 0.0633. The van der Waals surface area contributed by atoms with E-state index in [0.717, 1.165) is 29.5 Å². The summed E-state index contributed by atoms with van der Waals surface area (Å²) in [6, 6.07) is 4.61. The number of hydrogen-bond acceptors (Lipinski definition) is 4. The van der Waals surface area contributed by atoms with E-state index in [1.165, 1.54) is 12.1 Å². The van der Waals surface area contributed by atoms with Crippen LogP contribution in [0.15, 0.2) is 24.4 Å². The molecule has 4 heterocycles. The van der Waals surface area contributed by atoms with Gasteiger partial charge in [-0.3, -0.25) is 14.3 Å². The van der Waals surface area contributed by atoms with Crippen molar-refractivity contribution >= 4 is 22.7 Å². The van der Waals surface area contributed by atoms with Gasteiger partial charge in [-0.1, -0.05) is 0 Å². The maximum absolute atomic E-state index is 13.8. The monoisotopic (exact) mass is 451 g/mol. The lowest BCUT2D eigenvalue weighted by atomic mass is 9.96. The van der Waals surface area contributed by atoms with Gasteiger partial charge in [0, 0.05) is 29.5 Å². The molecular formula is C24H26FN5O3. The Kier molecular flexibility index (Phi) is 4.42. The Morgan fingerprint density at radius 1 is 1.18 bits per heavy atom. The lowest BCUT2D eigenvalue weighted by molar-refractivity contribution is 0.0246. The molecule has 6 rings (SSSR count). The third-order valence-electron chi connectivity index (χ3n) is 7.48. The molecule has 2 fully saturated rings. The molecule has 0 radical (unpaired) electrons. The van der Waals surface area contributed by atoms with Gasteiger partial charge in [-0.25, -0.2) is 4.39 Å². The van der Waals surface area contributed by atoms with Crippen LogP contribution in [0, 0.1) is 12.7 Å². The van der Waals surface area contributed by atoms with Gasteiger partial charge in [0.05, 0.1) is 36.6 Å². The number of likely N-dealkylation sites (tertiary alicyclic amines) is 1. The number of fused-ring (bicyclic) bond motifs is 2. The first-order chi connectivity index (χ1) is 15.8. The third-order valence-corrected chi connectivity index (χ3v) is 7.48. The molecule has 1 atom stereocenters. The molecule has 3 aromatic rings. The number of aryl methyl sites for hydroxylation is 1. The number of amides is 2. The second-order valence-electron chi connectivity index (χ2n) is 9.65. The minimum atomic E-state index is -0.348. The Bertz CT molecular complexity index is 1290. The molecule has 1 saturated carbocycles. The second-order valence-corrected chi connectivity index (χ2v) is 9.65. The predicted octanol–water partition coefficient (Wildman–Crippen LogP) is 2.60. The molecule has 1 aromatic carbocycles. The van der Waals surface area contributed by atoms with Gasteiger partial charge in [-0.2, -0.15) is 5.10 Å². The predicted molar refractivity (Wildman–Crippen MR) is 118 cm³/mol. The highest BCUT2D eigenvalue weighted by Gasteiger charge is 2.53. The van der Waals surface area contributed by atoms with E-state index >= 15 is 0 Å². The standard InChI is InChI=1S/C24H26FN5O3/c1-14-8-15(25)9-19-17(14)10-20(27-19)23(33)28-6-7-30-21(13-28)18(12-26-30)22(32)29-5-2-16(31)11-24(29)3-4-24/h8-10,12,16,27,31H,2-7,11,13H2,1H3. The number of carbonyl (C=O) groups is 2. The van der Waals surface area contributed by atoms with E-state index < -0.39 is 0 Å². The number of piperidine rings is 1. The van der Waals surface area contributed by atoms with E-state index in [-0.39, 0.29) is 35.8 Å². The molecule has 172 valence electrons. The van der Waals surface area contributed by atoms with Gasteiger partial charge < -0.3 is 19.9 Å². The number of aliphatic hydroxyl groups is 1. The molecule has 1 spiro atoms. The molecule has 2 amide bonds. The number of aromatic amines is 1. The summed E-state index contributed by atoms with van der Waals surface area (Å²) in [5, 5.41) is 15.3. The summed E-state index contributed by atoms with van der Waals surface area (Å²) < 4.78 is 15.6. The zero-order chi connectivity index (χ0) is 22.9. The van der Waals surface area contributed by atoms with Crippen LogP contribution in [-0.4, -0.2) is 66.2 Å². The van der Waals surface area contributed by atoms with E-state index in [0.29, 0.717) is 49.2 Å². The summed E-state index contributed by atoms with van der Waals surface area (Å²) in [4.78, 5) is 33.4. The molecule has 9 heteroatoms. The average molecular weight is 452 g/mol. The van der Waals surface area contributed by atoms with E-state index in [1.54, 1.807) is 21.8 Å². The van der Waals surface area contributed by atoms with E-state index in [9.17, 15) is 19.1 Å². The van der Waals surface area contributed by atoms with Crippen molar-refractivity contribution in [2.75, 3.05) is 13.1 Å². The molecule has 33 heavy (non-hydrogen) atoms. The largest absolute Gasteiger partial charge is 0.393 e. The topological polar surface area (TPSA) is 94.5 Å². The van der Waals surface area contributed by atoms with Gasteiger partial charge in [0.1, 0.15) is 11.5 Å². The Morgan fingerprint density at radius 3 is 2.79 bits per heavy atom. The van der Waals surface area contributed by atoms with Gasteiger partial charge in [-0.05, 0) is 56.4 Å². The fourth-order valence-electron chi connectivity index (χ4n) is 5.50. The van der Waals surface area contributed by atoms with Crippen molar-refractivity contribution in [2.45, 2.75) is 57.3 Å². The number of carbonyl (C=O) groups excluding carboxylic acids is 2. The highest BCUT2D eigenvalue weighted by Crippen LogP contribution is 2.49. The molecule has 2 aromatic heterocycles. The molecule has 1 saturated heterocycles. The molecule has 2 aliphatic heterocycles. The van der Waals surface area contributed by atoms with Crippen molar-refractivity contribution < 1.29 is 19.1 Å². The van der Waals surface area contributed by atoms with Crippen molar-refractivity contribution in [1.82, 2.24) is 24.6 Å². The summed E-state index contributed by atoms with van der Waals surface area (Å²) in [6.07, 6.45) is 4.32. The zero-order valence-corrected chi connectivity index (χ0v) is 18.5. The molecule has 3 aliphatic rings. The number of benzene rings is 1. The number of aromatic nitrogens is 3. The van der Waals surface area contributed by atoms with Crippen LogP contribution in [0.4, 0.5) is 4.39 Å². The average Bonchev–Trinajstić information content (AvgIpc) is 3.21. The number of H-pyrrole nitrogens is 1. The van der Waals surface area contributed by atoms with Crippen LogP contribution >= 0.6 is 0 Å². The lowest BCUT2D eigenvalue weighted by Crippen LogP contribution is -2.49. The van der Waals surface area contributed by atoms with Crippen molar-refractivity contribution in [3.05, 3.63) is 52.7 Å². The normalized spacial score (nSPS) is 21.5. The van der Waals surface area contributed by atoms with Crippen LogP contribution in [0.3, 0.4) is 0 Å². The molecule has 1 aliphatic carbocycles. The first kappa shape index (κ1) is 20.4. The van der Waals surface area contributed by atoms with Crippen LogP contribution < -0.4 is 0 Å². The summed E-state index contributed by atoms with van der Waals surface area (Å²) in [5.74, 6) is -0.590. The van der Waals surface area contributed by atoms with Crippen LogP contribution in [-0.2, 0) is 13.1 Å². The van der Waals surface area contributed by atoms with Crippen LogP contribution in [0.5, 0.6) is 0 Å². The van der Waals surface area contributed by atoms with Crippen molar-refractivity contribution in [2.24, 2.45) is 0 Å². The smallest absolute Gasteiger partial charge is 0.270 e. The SMILES string of the molecule is Cc1cc(F)cc2[nH]c(C(=O)N3CCn4ncc(C(=O)N5CCC(O)CC56CC6)c4C3)cc12. The number of rotatable bonds is 2. The van der Waals surface area contributed by atoms with Crippen LogP contribution in [0.2, 0.25) is 0 Å². The van der Waals surface area contributed by atoms with E-state index in [4.69, 9.17) is 0 Å². The Labute approximate surface area is 190 Å². The van der Waals surface area contributed by atoms with Gasteiger partial charge >= 0.3 is 0 Å². The summed E-state index contributed by atoms with van der Waals surface area (Å²) in [6.45, 7) is 3.62. The quantitative estimate of drug-likeness (QED) is 0.626. The fraction of sp³-hybridized carbons (Fsp3) is 0.458. The minimum Gasteiger partial charge on any atom is -0.393 e. The number of halogens is 1. The Hall–Kier alpha value is -3.20. The number of aliphatic hydroxyl groups excluding tert-OH is 1. The van der Waals surface area contributed by atoms with Crippen LogP contribution in [0.25, 0.3) is 10.9 Å². The molecule has 1 unspecified atom stereocenters. The van der Waals surface area contributed by atoms with Crippen LogP contribution in [0.1, 0.15) is 57.8 Å². The highest BCUT2D eigenvalue weighted by molar-refractivity contribution is 5.99. The van der Waals surface area contributed by atoms with Crippen molar-refractivity contribution in [3.63, 3.8) is 0 Å². The summed E-state index contributed by atoms with van der Waals surface area (Å²) in [7, 11) is 0. The van der Waals surface area contributed by atoms with Crippen molar-refractivity contribution in [1.29, 1.82) is 0 Å². The summed E-state index contributed by atoms with van der Waals surface area (Å²) in [5.41, 5.74) is 2.82. The molecular weight excluding hydrogens is 425 g/mol. The molecule has 0 bridgehead atoms. The van der Waals surface area contributed by atoms with Gasteiger partial charge in [0.25, 0.3) is 11.8 Å². The van der Waals surface area contributed by atoms with E-state index in [1.807, 2.05) is 11.8 Å². The molecule has 2 N–H and O–H groups in total. The third kappa shape index (κ3) is 3.25. The first-order valence-electron chi connectivity index (χ1n) is 11.5. The Balaban J connectivity index is 1.26. The lowest BCUT2D eigenvalue weighted by Gasteiger charge is -2.39. The van der Waals surface area contributed by atoms with Crippen molar-refractivity contribution in [3.8, 4) is 0 Å². The molecule has 8 nitrogen and oxygen atoms in total. The maximum atomic E-state index is 13.8. The number of hydrogen-bond donors (Lipinski definition) is 2. The first-order valence-corrected chi connectivity index (χ1v) is 11.5. The maximum Gasteiger partial charge on any atom is 0.270 e. The zero-order valence-electron chi connectivity index (χ0n) is 18.5.